The van der Waals surface area contributed by atoms with Crippen molar-refractivity contribution in [2.45, 2.75) is 52.0 Å². The highest BCUT2D eigenvalue weighted by atomic mass is 16.5. The molecule has 0 radical (unpaired) electrons. The van der Waals surface area contributed by atoms with Crippen molar-refractivity contribution in [2.24, 2.45) is 0 Å². The molecule has 14 heavy (non-hydrogen) atoms. The highest BCUT2D eigenvalue weighted by molar-refractivity contribution is 4.66. The van der Waals surface area contributed by atoms with E-state index in [2.05, 4.69) is 34.8 Å². The Balaban J connectivity index is 1.79. The van der Waals surface area contributed by atoms with Crippen LogP contribution in [0.15, 0.2) is 18.7 Å². The zero-order valence-electron chi connectivity index (χ0n) is 8.85. The topological polar surface area (TPSA) is 18.0 Å². The van der Waals surface area contributed by atoms with Gasteiger partial charge in [0.05, 0.1) is 12.6 Å². The molecule has 0 spiro atoms. The fourth-order valence-electron chi connectivity index (χ4n) is 1.95. The maximum Gasteiger partial charge on any atom is 0.245 e. The van der Waals surface area contributed by atoms with E-state index in [1.165, 1.54) is 25.7 Å². The van der Waals surface area contributed by atoms with Crippen molar-refractivity contribution in [1.82, 2.24) is 4.57 Å². The zero-order valence-corrected chi connectivity index (χ0v) is 8.85. The largest absolute Gasteiger partial charge is 0.338 e. The van der Waals surface area contributed by atoms with Crippen LogP contribution in [-0.2, 0) is 18.0 Å². The Bertz CT molecular complexity index is 277. The van der Waals surface area contributed by atoms with Gasteiger partial charge >= 0.3 is 0 Å². The summed E-state index contributed by atoms with van der Waals surface area (Å²) >= 11 is 0. The molecular weight excluding hydrogens is 176 g/mol. The van der Waals surface area contributed by atoms with Crippen LogP contribution in [0.3, 0.4) is 0 Å². The van der Waals surface area contributed by atoms with Crippen LogP contribution in [0.5, 0.6) is 0 Å². The lowest BCUT2D eigenvalue weighted by Gasteiger charge is -2.07. The Morgan fingerprint density at radius 3 is 2.86 bits per heavy atom. The number of nitrogens with zero attached hydrogens (tertiary/aromatic N) is 2. The van der Waals surface area contributed by atoms with Gasteiger partial charge in [-0.25, -0.2) is 9.13 Å². The fourth-order valence-corrected chi connectivity index (χ4v) is 1.95. The van der Waals surface area contributed by atoms with Gasteiger partial charge in [-0.2, -0.15) is 0 Å². The third kappa shape index (κ3) is 2.35. The van der Waals surface area contributed by atoms with Gasteiger partial charge in [-0.3, -0.25) is 0 Å². The van der Waals surface area contributed by atoms with E-state index < -0.39 is 0 Å². The maximum atomic E-state index is 5.80. The number of hydrogen-bond acceptors (Lipinski definition) is 1. The predicted octanol–water partition coefficient (Wildman–Crippen LogP) is 1.71. The molecule has 1 saturated carbocycles. The van der Waals surface area contributed by atoms with Gasteiger partial charge in [-0.05, 0) is 19.8 Å². The van der Waals surface area contributed by atoms with Gasteiger partial charge in [0.2, 0.25) is 6.33 Å². The van der Waals surface area contributed by atoms with Crippen LogP contribution in [0.25, 0.3) is 0 Å². The van der Waals surface area contributed by atoms with Crippen molar-refractivity contribution in [3.05, 3.63) is 18.7 Å². The summed E-state index contributed by atoms with van der Waals surface area (Å²) in [4.78, 5) is 0. The second-order valence-electron chi connectivity index (χ2n) is 3.96. The molecule has 0 amide bonds. The summed E-state index contributed by atoms with van der Waals surface area (Å²) in [7, 11) is 0. The van der Waals surface area contributed by atoms with Crippen molar-refractivity contribution in [1.29, 1.82) is 0 Å². The molecule has 1 heterocycles. The summed E-state index contributed by atoms with van der Waals surface area (Å²) in [6.45, 7) is 3.87. The summed E-state index contributed by atoms with van der Waals surface area (Å²) < 4.78 is 10.0. The lowest BCUT2D eigenvalue weighted by molar-refractivity contribution is -0.734. The van der Waals surface area contributed by atoms with E-state index in [1.807, 2.05) is 0 Å². The molecule has 2 rings (SSSR count). The molecule has 0 aromatic carbocycles. The summed E-state index contributed by atoms with van der Waals surface area (Å²) in [5.41, 5.74) is 0. The maximum absolute atomic E-state index is 5.80. The van der Waals surface area contributed by atoms with Crippen LogP contribution in [0.4, 0.5) is 0 Å². The number of aromatic nitrogens is 2. The molecule has 0 atom stereocenters. The van der Waals surface area contributed by atoms with Gasteiger partial charge in [-0.1, -0.05) is 12.8 Å². The smallest absolute Gasteiger partial charge is 0.245 e. The monoisotopic (exact) mass is 195 g/mol. The molecule has 1 aromatic heterocycles. The van der Waals surface area contributed by atoms with Crippen molar-refractivity contribution in [3.8, 4) is 0 Å². The van der Waals surface area contributed by atoms with E-state index in [9.17, 15) is 0 Å². The Hall–Kier alpha value is -0.830. The van der Waals surface area contributed by atoms with E-state index in [0.717, 1.165) is 6.54 Å². The first kappa shape index (κ1) is 9.71. The van der Waals surface area contributed by atoms with E-state index in [1.54, 1.807) is 0 Å². The molecule has 1 fully saturated rings. The Morgan fingerprint density at radius 2 is 2.21 bits per heavy atom. The number of rotatable bonds is 4. The van der Waals surface area contributed by atoms with Crippen LogP contribution in [0, 0.1) is 0 Å². The van der Waals surface area contributed by atoms with E-state index >= 15 is 0 Å². The Labute approximate surface area is 85.3 Å². The van der Waals surface area contributed by atoms with Crippen LogP contribution in [-0.4, -0.2) is 10.7 Å². The fraction of sp³-hybridized carbons (Fsp3) is 0.727. The molecule has 0 saturated heterocycles. The highest BCUT2D eigenvalue weighted by Gasteiger charge is 2.16. The van der Waals surface area contributed by atoms with Crippen molar-refractivity contribution >= 4 is 0 Å². The Kier molecular flexibility index (Phi) is 3.19. The number of hydrogen-bond donors (Lipinski definition) is 0. The summed E-state index contributed by atoms with van der Waals surface area (Å²) in [5.74, 6) is 0. The van der Waals surface area contributed by atoms with Gasteiger partial charge in [0.25, 0.3) is 0 Å². The van der Waals surface area contributed by atoms with Crippen molar-refractivity contribution in [2.75, 3.05) is 0 Å². The van der Waals surface area contributed by atoms with Gasteiger partial charge in [0, 0.05) is 0 Å². The second-order valence-corrected chi connectivity index (χ2v) is 3.96. The average Bonchev–Trinajstić information content (AvgIpc) is 2.86. The van der Waals surface area contributed by atoms with E-state index in [0.29, 0.717) is 12.8 Å². The average molecular weight is 195 g/mol. The van der Waals surface area contributed by atoms with Gasteiger partial charge in [0.15, 0.2) is 6.73 Å². The minimum absolute atomic E-state index is 0.507. The third-order valence-corrected chi connectivity index (χ3v) is 2.87. The van der Waals surface area contributed by atoms with Crippen LogP contribution < -0.4 is 4.57 Å². The van der Waals surface area contributed by atoms with E-state index in [-0.39, 0.29) is 0 Å². The lowest BCUT2D eigenvalue weighted by atomic mass is 10.3. The number of imidazole rings is 1. The molecule has 0 unspecified atom stereocenters. The summed E-state index contributed by atoms with van der Waals surface area (Å²) in [6.07, 6.45) is 11.9. The highest BCUT2D eigenvalue weighted by Crippen LogP contribution is 2.20. The second kappa shape index (κ2) is 4.60. The summed E-state index contributed by atoms with van der Waals surface area (Å²) in [5, 5.41) is 0. The lowest BCUT2D eigenvalue weighted by Crippen LogP contribution is -2.34. The normalized spacial score (nSPS) is 17.8. The van der Waals surface area contributed by atoms with Gasteiger partial charge < -0.3 is 4.74 Å². The minimum atomic E-state index is 0.507. The standard InChI is InChI=1S/C11H19N2O/c1-2-12-7-8-13(9-12)10-14-11-5-3-4-6-11/h7-9,11H,2-6,10H2,1H3/q+1. The molecule has 1 aliphatic carbocycles. The SMILES string of the molecule is CCn1cc[n+](COC2CCCC2)c1. The van der Waals surface area contributed by atoms with Crippen LogP contribution in [0.1, 0.15) is 32.6 Å². The zero-order chi connectivity index (χ0) is 9.80. The molecule has 1 aromatic rings. The first-order valence-electron chi connectivity index (χ1n) is 5.55. The molecule has 0 bridgehead atoms. The summed E-state index contributed by atoms with van der Waals surface area (Å²) in [6, 6.07) is 0. The molecule has 78 valence electrons. The minimum Gasteiger partial charge on any atom is -0.338 e. The Morgan fingerprint density at radius 1 is 1.43 bits per heavy atom. The predicted molar refractivity (Wildman–Crippen MR) is 53.6 cm³/mol. The van der Waals surface area contributed by atoms with Gasteiger partial charge in [0.1, 0.15) is 12.4 Å². The first-order chi connectivity index (χ1) is 6.88. The van der Waals surface area contributed by atoms with E-state index in [4.69, 9.17) is 4.74 Å². The molecule has 3 nitrogen and oxygen atoms in total. The van der Waals surface area contributed by atoms with Crippen molar-refractivity contribution < 1.29 is 9.30 Å². The molecule has 0 N–H and O–H groups in total. The molecule has 3 heteroatoms. The molecule has 1 aliphatic rings. The van der Waals surface area contributed by atoms with Crippen LogP contribution >= 0.6 is 0 Å². The third-order valence-electron chi connectivity index (χ3n) is 2.87. The van der Waals surface area contributed by atoms with Crippen molar-refractivity contribution in [3.63, 3.8) is 0 Å². The molecular formula is C11H19N2O+. The number of aryl methyl sites for hydroxylation is 1. The quantitative estimate of drug-likeness (QED) is 0.669. The van der Waals surface area contributed by atoms with Crippen LogP contribution in [0.2, 0.25) is 0 Å². The first-order valence-corrected chi connectivity index (χ1v) is 5.55. The van der Waals surface area contributed by atoms with Gasteiger partial charge in [-0.15, -0.1) is 0 Å². The number of ether oxygens (including phenoxy) is 1. The molecule has 0 aliphatic heterocycles.